The zero-order chi connectivity index (χ0) is 17.5. The molecule has 0 aliphatic carbocycles. The zero-order valence-electron chi connectivity index (χ0n) is 14.0. The van der Waals surface area contributed by atoms with Gasteiger partial charge in [0.2, 0.25) is 11.8 Å². The Morgan fingerprint density at radius 1 is 1.28 bits per heavy atom. The minimum Gasteiger partial charge on any atom is -0.482 e. The first kappa shape index (κ1) is 16.9. The molecule has 3 heterocycles. The summed E-state index contributed by atoms with van der Waals surface area (Å²) in [5, 5.41) is 0. The third-order valence-corrected chi connectivity index (χ3v) is 3.81. The fourth-order valence-corrected chi connectivity index (χ4v) is 2.59. The Balaban J connectivity index is 1.52. The number of carbonyl (C=O) groups excluding carboxylic acids is 1. The summed E-state index contributed by atoms with van der Waals surface area (Å²) in [7, 11) is 1.52. The quantitative estimate of drug-likeness (QED) is 0.781. The van der Waals surface area contributed by atoms with Crippen LogP contribution in [0.15, 0.2) is 36.9 Å². The molecule has 0 saturated carbocycles. The van der Waals surface area contributed by atoms with Crippen LogP contribution >= 0.6 is 0 Å². The first-order valence-electron chi connectivity index (χ1n) is 8.08. The smallest absolute Gasteiger partial charge is 0.260 e. The maximum Gasteiger partial charge on any atom is 0.260 e. The van der Waals surface area contributed by atoms with Crippen LogP contribution in [0.2, 0.25) is 0 Å². The van der Waals surface area contributed by atoms with Gasteiger partial charge in [0.1, 0.15) is 11.9 Å². The molecule has 1 atom stereocenters. The lowest BCUT2D eigenvalue weighted by Crippen LogP contribution is -2.46. The van der Waals surface area contributed by atoms with Gasteiger partial charge in [-0.1, -0.05) is 0 Å². The number of ether oxygens (including phenoxy) is 3. The van der Waals surface area contributed by atoms with Crippen molar-refractivity contribution in [1.29, 1.82) is 0 Å². The van der Waals surface area contributed by atoms with Gasteiger partial charge in [0.05, 0.1) is 32.2 Å². The van der Waals surface area contributed by atoms with Crippen molar-refractivity contribution < 1.29 is 19.0 Å². The van der Waals surface area contributed by atoms with Crippen LogP contribution in [0.25, 0.3) is 0 Å². The highest BCUT2D eigenvalue weighted by molar-refractivity contribution is 5.77. The van der Waals surface area contributed by atoms with Crippen molar-refractivity contribution >= 4 is 5.91 Å². The van der Waals surface area contributed by atoms with E-state index in [4.69, 9.17) is 14.2 Å². The summed E-state index contributed by atoms with van der Waals surface area (Å²) in [6, 6.07) is 3.53. The lowest BCUT2D eigenvalue weighted by atomic mass is 10.1. The minimum atomic E-state index is -0.127. The van der Waals surface area contributed by atoms with Crippen molar-refractivity contribution in [2.24, 2.45) is 0 Å². The Morgan fingerprint density at radius 3 is 2.96 bits per heavy atom. The van der Waals surface area contributed by atoms with Crippen LogP contribution in [-0.4, -0.2) is 58.7 Å². The molecule has 0 spiro atoms. The predicted molar refractivity (Wildman–Crippen MR) is 88.5 cm³/mol. The van der Waals surface area contributed by atoms with E-state index in [9.17, 15) is 4.79 Å². The Morgan fingerprint density at radius 2 is 2.16 bits per heavy atom. The van der Waals surface area contributed by atoms with E-state index in [1.807, 2.05) is 0 Å². The lowest BCUT2D eigenvalue weighted by Gasteiger charge is -2.32. The van der Waals surface area contributed by atoms with Crippen molar-refractivity contribution in [2.45, 2.75) is 18.9 Å². The van der Waals surface area contributed by atoms with Crippen LogP contribution < -0.4 is 14.2 Å². The molecule has 1 amide bonds. The first-order valence-corrected chi connectivity index (χ1v) is 8.08. The summed E-state index contributed by atoms with van der Waals surface area (Å²) in [4.78, 5) is 26.3. The molecule has 25 heavy (non-hydrogen) atoms. The molecule has 2 aromatic rings. The summed E-state index contributed by atoms with van der Waals surface area (Å²) in [5.74, 6) is 1.29. The van der Waals surface area contributed by atoms with E-state index >= 15 is 0 Å². The molecule has 8 heteroatoms. The number of hydrogen-bond donors (Lipinski definition) is 0. The largest absolute Gasteiger partial charge is 0.482 e. The molecule has 1 fully saturated rings. The molecule has 8 nitrogen and oxygen atoms in total. The molecule has 0 radical (unpaired) electrons. The molecule has 1 saturated heterocycles. The molecular weight excluding hydrogens is 324 g/mol. The highest BCUT2D eigenvalue weighted by atomic mass is 16.5. The summed E-state index contributed by atoms with van der Waals surface area (Å²) in [6.45, 7) is 1.17. The summed E-state index contributed by atoms with van der Waals surface area (Å²) < 4.78 is 16.4. The molecule has 0 N–H and O–H groups in total. The van der Waals surface area contributed by atoms with E-state index in [0.717, 1.165) is 12.8 Å². The van der Waals surface area contributed by atoms with Gasteiger partial charge in [-0.15, -0.1) is 0 Å². The number of aromatic nitrogens is 3. The fourth-order valence-electron chi connectivity index (χ4n) is 2.59. The van der Waals surface area contributed by atoms with Crippen molar-refractivity contribution in [1.82, 2.24) is 19.9 Å². The summed E-state index contributed by atoms with van der Waals surface area (Å²) >= 11 is 0. The van der Waals surface area contributed by atoms with Gasteiger partial charge >= 0.3 is 0 Å². The van der Waals surface area contributed by atoms with Crippen molar-refractivity contribution in [2.75, 3.05) is 26.8 Å². The molecule has 1 unspecified atom stereocenters. The van der Waals surface area contributed by atoms with Gasteiger partial charge in [-0.25, -0.2) is 0 Å². The summed E-state index contributed by atoms with van der Waals surface area (Å²) in [5.41, 5.74) is 0. The third-order valence-electron chi connectivity index (χ3n) is 3.81. The van der Waals surface area contributed by atoms with E-state index in [1.165, 1.54) is 19.5 Å². The van der Waals surface area contributed by atoms with Crippen molar-refractivity contribution in [3.63, 3.8) is 0 Å². The van der Waals surface area contributed by atoms with E-state index in [2.05, 4.69) is 15.0 Å². The molecule has 3 rings (SSSR count). The van der Waals surface area contributed by atoms with Gasteiger partial charge in [-0.2, -0.15) is 4.98 Å². The number of methoxy groups -OCH3 is 1. The van der Waals surface area contributed by atoms with Crippen LogP contribution in [0.3, 0.4) is 0 Å². The fraction of sp³-hybridized carbons (Fsp3) is 0.412. The Kier molecular flexibility index (Phi) is 5.61. The van der Waals surface area contributed by atoms with Crippen LogP contribution in [0, 0.1) is 0 Å². The third kappa shape index (κ3) is 4.79. The Hall–Kier alpha value is -2.90. The second-order valence-electron chi connectivity index (χ2n) is 5.60. The minimum absolute atomic E-state index is 0.0165. The average molecular weight is 344 g/mol. The Labute approximate surface area is 145 Å². The molecule has 132 valence electrons. The highest BCUT2D eigenvalue weighted by Crippen LogP contribution is 2.18. The molecule has 1 aliphatic heterocycles. The maximum atomic E-state index is 12.3. The molecule has 2 aromatic heterocycles. The van der Waals surface area contributed by atoms with E-state index in [0.29, 0.717) is 30.6 Å². The standard InChI is InChI=1S/C17H20N4O4/c1-23-15-9-19-10-16(20-15)25-14-5-3-7-21(11-14)17(22)12-24-13-4-2-6-18-8-13/h2,4,6,8-10,14H,3,5,7,11-12H2,1H3. The molecule has 1 aliphatic rings. The second kappa shape index (κ2) is 8.27. The number of rotatable bonds is 6. The lowest BCUT2D eigenvalue weighted by molar-refractivity contribution is -0.136. The van der Waals surface area contributed by atoms with Crippen LogP contribution in [-0.2, 0) is 4.79 Å². The van der Waals surface area contributed by atoms with Gasteiger partial charge in [-0.05, 0) is 25.0 Å². The normalized spacial score (nSPS) is 17.0. The van der Waals surface area contributed by atoms with Crippen LogP contribution in [0.5, 0.6) is 17.5 Å². The topological polar surface area (TPSA) is 86.7 Å². The number of piperidine rings is 1. The number of hydrogen-bond acceptors (Lipinski definition) is 7. The van der Waals surface area contributed by atoms with Gasteiger partial charge < -0.3 is 19.1 Å². The summed E-state index contributed by atoms with van der Waals surface area (Å²) in [6.07, 6.45) is 7.87. The molecular formula is C17H20N4O4. The van der Waals surface area contributed by atoms with Crippen LogP contribution in [0.4, 0.5) is 0 Å². The molecule has 0 bridgehead atoms. The van der Waals surface area contributed by atoms with Crippen molar-refractivity contribution in [3.05, 3.63) is 36.9 Å². The highest BCUT2D eigenvalue weighted by Gasteiger charge is 2.25. The number of likely N-dealkylation sites (tertiary alicyclic amines) is 1. The number of pyridine rings is 1. The van der Waals surface area contributed by atoms with Gasteiger partial charge in [0.15, 0.2) is 6.61 Å². The van der Waals surface area contributed by atoms with E-state index in [1.54, 1.807) is 29.4 Å². The van der Waals surface area contributed by atoms with Gasteiger partial charge in [-0.3, -0.25) is 14.8 Å². The monoisotopic (exact) mass is 344 g/mol. The van der Waals surface area contributed by atoms with Crippen LogP contribution in [0.1, 0.15) is 12.8 Å². The van der Waals surface area contributed by atoms with Gasteiger partial charge in [0, 0.05) is 12.7 Å². The van der Waals surface area contributed by atoms with Gasteiger partial charge in [0.25, 0.3) is 5.91 Å². The van der Waals surface area contributed by atoms with E-state index in [-0.39, 0.29) is 18.6 Å². The average Bonchev–Trinajstić information content (AvgIpc) is 2.67. The number of nitrogens with zero attached hydrogens (tertiary/aromatic N) is 4. The maximum absolute atomic E-state index is 12.3. The first-order chi connectivity index (χ1) is 12.2. The Bertz CT molecular complexity index is 698. The second-order valence-corrected chi connectivity index (χ2v) is 5.60. The zero-order valence-corrected chi connectivity index (χ0v) is 14.0. The number of amides is 1. The number of carbonyl (C=O) groups is 1. The SMILES string of the molecule is COc1cncc(OC2CCCN(C(=O)COc3cccnc3)C2)n1. The van der Waals surface area contributed by atoms with Crippen molar-refractivity contribution in [3.8, 4) is 17.5 Å². The van der Waals surface area contributed by atoms with E-state index < -0.39 is 0 Å². The molecule has 0 aromatic carbocycles. The predicted octanol–water partition coefficient (Wildman–Crippen LogP) is 1.33.